The lowest BCUT2D eigenvalue weighted by molar-refractivity contribution is -0.134. The number of nitrogens with one attached hydrogen (secondary N) is 1. The van der Waals surface area contributed by atoms with Gasteiger partial charge in [-0.15, -0.1) is 0 Å². The van der Waals surface area contributed by atoms with Crippen molar-refractivity contribution in [1.29, 1.82) is 0 Å². The Labute approximate surface area is 233 Å². The van der Waals surface area contributed by atoms with Gasteiger partial charge < -0.3 is 15.2 Å². The molecule has 2 N–H and O–H groups in total. The Kier molecular flexibility index (Phi) is 9.84. The molecule has 0 radical (unpaired) electrons. The highest BCUT2D eigenvalue weighted by atomic mass is 35.5. The summed E-state index contributed by atoms with van der Waals surface area (Å²) in [7, 11) is -3.73. The molecule has 4 aromatic rings. The number of aromatic nitrogens is 1. The number of carbonyl (C=O) groups is 1. The molecule has 9 heteroatoms. The number of ether oxygens (including phenoxy) is 1. The molecule has 1 heterocycles. The average molecular weight is 565 g/mol. The van der Waals surface area contributed by atoms with Gasteiger partial charge in [-0.05, 0) is 84.8 Å². The van der Waals surface area contributed by atoms with E-state index in [1.165, 1.54) is 24.3 Å². The van der Waals surface area contributed by atoms with E-state index < -0.39 is 21.9 Å². The van der Waals surface area contributed by atoms with Crippen molar-refractivity contribution >= 4 is 27.4 Å². The van der Waals surface area contributed by atoms with Crippen LogP contribution in [0.2, 0.25) is 5.02 Å². The highest BCUT2D eigenvalue weighted by Crippen LogP contribution is 2.24. The third-order valence-corrected chi connectivity index (χ3v) is 8.09. The summed E-state index contributed by atoms with van der Waals surface area (Å²) >= 11 is 5.97. The smallest absolute Gasteiger partial charge is 0.311 e. The Morgan fingerprint density at radius 1 is 0.923 bits per heavy atom. The van der Waals surface area contributed by atoms with Gasteiger partial charge in [-0.1, -0.05) is 41.9 Å². The molecular formula is C30H29ClN2O5S. The van der Waals surface area contributed by atoms with Gasteiger partial charge in [-0.2, -0.15) is 0 Å². The molecule has 0 spiro atoms. The van der Waals surface area contributed by atoms with Crippen molar-refractivity contribution in [2.75, 3.05) is 13.1 Å². The second-order valence-corrected chi connectivity index (χ2v) is 11.3. The summed E-state index contributed by atoms with van der Waals surface area (Å²) < 4.78 is 31.5. The summed E-state index contributed by atoms with van der Waals surface area (Å²) in [6.07, 6.45) is 2.30. The zero-order valence-electron chi connectivity index (χ0n) is 21.2. The number of pyridine rings is 1. The molecule has 0 fully saturated rings. The standard InChI is InChI=1S/C30H29ClN2O5S/c31-24-5-3-4-23(20-24)29(34)21-32-19-17-22-7-12-27(13-8-22)39(36,37)28-14-10-26(11-15-28)38-30(35)16-9-25-6-1-2-18-33-25/h1-8,10-15,18,20,29,32,34H,9,16-17,19,21H2. The first-order valence-corrected chi connectivity index (χ1v) is 14.4. The Morgan fingerprint density at radius 2 is 1.64 bits per heavy atom. The van der Waals surface area contributed by atoms with Crippen LogP contribution < -0.4 is 10.1 Å². The Morgan fingerprint density at radius 3 is 2.31 bits per heavy atom. The van der Waals surface area contributed by atoms with E-state index in [-0.39, 0.29) is 22.0 Å². The number of aryl methyl sites for hydroxylation is 1. The molecular weight excluding hydrogens is 536 g/mol. The van der Waals surface area contributed by atoms with Crippen molar-refractivity contribution in [3.05, 3.63) is 119 Å². The number of esters is 1. The third kappa shape index (κ3) is 8.21. The number of hydrogen-bond acceptors (Lipinski definition) is 7. The minimum atomic E-state index is -3.73. The summed E-state index contributed by atoms with van der Waals surface area (Å²) in [6.45, 7) is 0.994. The van der Waals surface area contributed by atoms with Crippen LogP contribution >= 0.6 is 11.6 Å². The van der Waals surface area contributed by atoms with Crippen molar-refractivity contribution < 1.29 is 23.1 Å². The minimum Gasteiger partial charge on any atom is -0.427 e. The summed E-state index contributed by atoms with van der Waals surface area (Å²) in [5, 5.41) is 14.1. The lowest BCUT2D eigenvalue weighted by Crippen LogP contribution is -2.23. The van der Waals surface area contributed by atoms with Crippen LogP contribution in [0.25, 0.3) is 0 Å². The van der Waals surface area contributed by atoms with Gasteiger partial charge in [0.1, 0.15) is 5.75 Å². The zero-order chi connectivity index (χ0) is 27.7. The molecule has 4 rings (SSSR count). The van der Waals surface area contributed by atoms with E-state index in [1.54, 1.807) is 48.7 Å². The molecule has 7 nitrogen and oxygen atoms in total. The molecule has 202 valence electrons. The molecule has 0 aliphatic rings. The predicted octanol–water partition coefficient (Wildman–Crippen LogP) is 4.97. The number of nitrogens with zero attached hydrogens (tertiary/aromatic N) is 1. The lowest BCUT2D eigenvalue weighted by Gasteiger charge is -2.13. The maximum Gasteiger partial charge on any atom is 0.311 e. The SMILES string of the molecule is O=C(CCc1ccccn1)Oc1ccc(S(=O)(=O)c2ccc(CCNCC(O)c3cccc(Cl)c3)cc2)cc1. The van der Waals surface area contributed by atoms with Crippen molar-refractivity contribution in [1.82, 2.24) is 10.3 Å². The number of carbonyl (C=O) groups excluding carboxylic acids is 1. The maximum absolute atomic E-state index is 13.1. The maximum atomic E-state index is 13.1. The van der Waals surface area contributed by atoms with E-state index in [4.69, 9.17) is 16.3 Å². The first kappa shape index (κ1) is 28.4. The minimum absolute atomic E-state index is 0.111. The third-order valence-electron chi connectivity index (χ3n) is 6.07. The predicted molar refractivity (Wildman–Crippen MR) is 150 cm³/mol. The number of rotatable bonds is 12. The normalized spacial score (nSPS) is 12.2. The van der Waals surface area contributed by atoms with Crippen molar-refractivity contribution in [3.63, 3.8) is 0 Å². The van der Waals surface area contributed by atoms with Gasteiger partial charge in [0, 0.05) is 29.9 Å². The largest absolute Gasteiger partial charge is 0.427 e. The van der Waals surface area contributed by atoms with E-state index in [2.05, 4.69) is 10.3 Å². The van der Waals surface area contributed by atoms with Gasteiger partial charge in [-0.25, -0.2) is 8.42 Å². The molecule has 3 aromatic carbocycles. The van der Waals surface area contributed by atoms with Gasteiger partial charge in [0.05, 0.1) is 22.3 Å². The second kappa shape index (κ2) is 13.5. The fourth-order valence-corrected chi connectivity index (χ4v) is 5.38. The van der Waals surface area contributed by atoms with Gasteiger partial charge in [0.15, 0.2) is 0 Å². The first-order valence-electron chi connectivity index (χ1n) is 12.5. The number of benzene rings is 3. The van der Waals surface area contributed by atoms with Crippen LogP contribution in [0.4, 0.5) is 0 Å². The van der Waals surface area contributed by atoms with Crippen LogP contribution in [0.3, 0.4) is 0 Å². The second-order valence-electron chi connectivity index (χ2n) is 8.94. The zero-order valence-corrected chi connectivity index (χ0v) is 22.7. The number of sulfone groups is 1. The molecule has 0 saturated heterocycles. The number of halogens is 1. The Bertz CT molecular complexity index is 1480. The van der Waals surface area contributed by atoms with Crippen LogP contribution in [0, 0.1) is 0 Å². The number of aliphatic hydroxyl groups is 1. The van der Waals surface area contributed by atoms with Crippen LogP contribution in [0.5, 0.6) is 5.75 Å². The highest BCUT2D eigenvalue weighted by Gasteiger charge is 2.18. The van der Waals surface area contributed by atoms with Crippen LogP contribution in [-0.2, 0) is 27.5 Å². The quantitative estimate of drug-likeness (QED) is 0.142. The molecule has 1 aromatic heterocycles. The van der Waals surface area contributed by atoms with E-state index in [0.717, 1.165) is 16.8 Å². The average Bonchev–Trinajstić information content (AvgIpc) is 2.95. The van der Waals surface area contributed by atoms with Crippen LogP contribution in [-0.4, -0.2) is 37.6 Å². The molecule has 1 atom stereocenters. The lowest BCUT2D eigenvalue weighted by atomic mass is 10.1. The van der Waals surface area contributed by atoms with Gasteiger partial charge in [0.2, 0.25) is 9.84 Å². The van der Waals surface area contributed by atoms with E-state index in [1.807, 2.05) is 24.3 Å². The van der Waals surface area contributed by atoms with E-state index >= 15 is 0 Å². The summed E-state index contributed by atoms with van der Waals surface area (Å²) in [5.41, 5.74) is 2.51. The topological polar surface area (TPSA) is 106 Å². The Hall–Kier alpha value is -3.56. The van der Waals surface area contributed by atoms with Gasteiger partial charge >= 0.3 is 5.97 Å². The van der Waals surface area contributed by atoms with Gasteiger partial charge in [-0.3, -0.25) is 9.78 Å². The summed E-state index contributed by atoms with van der Waals surface area (Å²) in [4.78, 5) is 16.6. The summed E-state index contributed by atoms with van der Waals surface area (Å²) in [5.74, 6) is -0.136. The highest BCUT2D eigenvalue weighted by molar-refractivity contribution is 7.91. The summed E-state index contributed by atoms with van der Waals surface area (Å²) in [6, 6.07) is 25.1. The molecule has 0 amide bonds. The Balaban J connectivity index is 1.26. The molecule has 0 aliphatic heterocycles. The van der Waals surface area contributed by atoms with E-state index in [9.17, 15) is 18.3 Å². The van der Waals surface area contributed by atoms with Crippen molar-refractivity contribution in [3.8, 4) is 5.75 Å². The monoisotopic (exact) mass is 564 g/mol. The fourth-order valence-electron chi connectivity index (χ4n) is 3.92. The van der Waals surface area contributed by atoms with Crippen LogP contribution in [0.15, 0.2) is 107 Å². The molecule has 0 saturated carbocycles. The number of hydrogen-bond donors (Lipinski definition) is 2. The first-order chi connectivity index (χ1) is 18.8. The van der Waals surface area contributed by atoms with Crippen molar-refractivity contribution in [2.24, 2.45) is 0 Å². The number of aliphatic hydroxyl groups excluding tert-OH is 1. The van der Waals surface area contributed by atoms with Crippen molar-refractivity contribution in [2.45, 2.75) is 35.2 Å². The van der Waals surface area contributed by atoms with E-state index in [0.29, 0.717) is 31.0 Å². The molecule has 39 heavy (non-hydrogen) atoms. The fraction of sp³-hybridized carbons (Fsp3) is 0.200. The van der Waals surface area contributed by atoms with Gasteiger partial charge in [0.25, 0.3) is 0 Å². The molecule has 0 bridgehead atoms. The molecule has 1 unspecified atom stereocenters. The molecule has 0 aliphatic carbocycles. The van der Waals surface area contributed by atoms with Crippen LogP contribution in [0.1, 0.15) is 29.3 Å².